The van der Waals surface area contributed by atoms with E-state index in [-0.39, 0.29) is 0 Å². The molecule has 0 amide bonds. The Balaban J connectivity index is 1.61. The van der Waals surface area contributed by atoms with E-state index < -0.39 is 0 Å². The van der Waals surface area contributed by atoms with Gasteiger partial charge in [0.2, 0.25) is 0 Å². The van der Waals surface area contributed by atoms with E-state index in [0.29, 0.717) is 0 Å². The van der Waals surface area contributed by atoms with Gasteiger partial charge in [-0.25, -0.2) is 0 Å². The number of benzene rings is 2. The highest BCUT2D eigenvalue weighted by atomic mass is 35.5. The molecule has 3 nitrogen and oxygen atoms in total. The Hall–Kier alpha value is -1.78. The number of rotatable bonds is 3. The van der Waals surface area contributed by atoms with Crippen LogP contribution in [0.1, 0.15) is 5.56 Å². The summed E-state index contributed by atoms with van der Waals surface area (Å²) in [4.78, 5) is 7.71. The Morgan fingerprint density at radius 3 is 2.04 bits per heavy atom. The predicted molar refractivity (Wildman–Crippen MR) is 108 cm³/mol. The van der Waals surface area contributed by atoms with Gasteiger partial charge in [-0.05, 0) is 48.5 Å². The molecule has 0 spiro atoms. The first-order chi connectivity index (χ1) is 11.5. The van der Waals surface area contributed by atoms with Gasteiger partial charge in [0.25, 0.3) is 0 Å². The molecule has 0 atom stereocenters. The van der Waals surface area contributed by atoms with Crippen molar-refractivity contribution in [3.05, 3.63) is 59.1 Å². The molecule has 0 saturated carbocycles. The van der Waals surface area contributed by atoms with Crippen molar-refractivity contribution in [2.24, 2.45) is 0 Å². The molecule has 24 heavy (non-hydrogen) atoms. The van der Waals surface area contributed by atoms with Crippen molar-refractivity contribution < 1.29 is 0 Å². The maximum Gasteiger partial charge on any atom is 0.109 e. The normalized spacial score (nSPS) is 14.6. The van der Waals surface area contributed by atoms with Crippen LogP contribution in [-0.2, 0) is 0 Å². The largest absolute Gasteiger partial charge is 0.378 e. The number of thiocarbonyl (C=S) groups is 1. The molecule has 1 heterocycles. The number of halogens is 1. The number of anilines is 2. The third kappa shape index (κ3) is 3.82. The fraction of sp³-hybridized carbons (Fsp3) is 0.316. The van der Waals surface area contributed by atoms with Crippen molar-refractivity contribution in [2.75, 3.05) is 50.1 Å². The standard InChI is InChI=1S/C19H22ClN3S/c1-21(2)17-7-3-15(4-8-17)19(24)23-13-11-22(12-14-23)18-9-5-16(20)6-10-18/h3-10H,11-14H2,1-2H3. The topological polar surface area (TPSA) is 9.72 Å². The lowest BCUT2D eigenvalue weighted by Gasteiger charge is -2.37. The SMILES string of the molecule is CN(C)c1ccc(C(=S)N2CCN(c3ccc(Cl)cc3)CC2)cc1. The first kappa shape index (κ1) is 17.1. The first-order valence-corrected chi connectivity index (χ1v) is 8.90. The molecule has 0 N–H and O–H groups in total. The van der Waals surface area contributed by atoms with E-state index in [1.807, 2.05) is 26.2 Å². The van der Waals surface area contributed by atoms with Gasteiger partial charge in [-0.1, -0.05) is 23.8 Å². The summed E-state index contributed by atoms with van der Waals surface area (Å²) in [6, 6.07) is 16.5. The van der Waals surface area contributed by atoms with Crippen LogP contribution in [0.2, 0.25) is 5.02 Å². The lowest BCUT2D eigenvalue weighted by Crippen LogP contribution is -2.48. The number of hydrogen-bond donors (Lipinski definition) is 0. The molecule has 2 aromatic rings. The highest BCUT2D eigenvalue weighted by Crippen LogP contribution is 2.21. The third-order valence-corrected chi connectivity index (χ3v) is 5.14. The summed E-state index contributed by atoms with van der Waals surface area (Å²) in [6.45, 7) is 3.82. The van der Waals surface area contributed by atoms with E-state index in [0.717, 1.165) is 41.8 Å². The van der Waals surface area contributed by atoms with Crippen LogP contribution in [0.15, 0.2) is 48.5 Å². The second-order valence-corrected chi connectivity index (χ2v) is 7.02. The van der Waals surface area contributed by atoms with Gasteiger partial charge in [0, 0.05) is 62.2 Å². The van der Waals surface area contributed by atoms with Crippen LogP contribution in [0.3, 0.4) is 0 Å². The molecular weight excluding hydrogens is 338 g/mol. The molecule has 1 saturated heterocycles. The number of nitrogens with zero attached hydrogens (tertiary/aromatic N) is 3. The average Bonchev–Trinajstić information content (AvgIpc) is 2.62. The van der Waals surface area contributed by atoms with Gasteiger partial charge in [0.05, 0.1) is 0 Å². The fourth-order valence-electron chi connectivity index (χ4n) is 2.90. The van der Waals surface area contributed by atoms with Gasteiger partial charge < -0.3 is 14.7 Å². The van der Waals surface area contributed by atoms with Crippen LogP contribution >= 0.6 is 23.8 Å². The Labute approximate surface area is 154 Å². The van der Waals surface area contributed by atoms with E-state index in [1.54, 1.807) is 0 Å². The minimum atomic E-state index is 0.778. The molecule has 0 bridgehead atoms. The molecule has 1 aliphatic heterocycles. The Morgan fingerprint density at radius 1 is 0.917 bits per heavy atom. The second kappa shape index (κ2) is 7.41. The first-order valence-electron chi connectivity index (χ1n) is 8.12. The number of piperazine rings is 1. The van der Waals surface area contributed by atoms with Gasteiger partial charge in [0.1, 0.15) is 4.99 Å². The molecule has 1 fully saturated rings. The summed E-state index contributed by atoms with van der Waals surface area (Å²) < 4.78 is 0. The Kier molecular flexibility index (Phi) is 5.27. The zero-order valence-electron chi connectivity index (χ0n) is 14.1. The summed E-state index contributed by atoms with van der Waals surface area (Å²) in [5.41, 5.74) is 3.53. The van der Waals surface area contributed by atoms with Crippen LogP contribution < -0.4 is 9.80 Å². The molecule has 2 aromatic carbocycles. The molecule has 126 valence electrons. The van der Waals surface area contributed by atoms with Crippen LogP contribution in [0, 0.1) is 0 Å². The molecule has 0 aliphatic carbocycles. The molecule has 0 unspecified atom stereocenters. The van der Waals surface area contributed by atoms with E-state index >= 15 is 0 Å². The van der Waals surface area contributed by atoms with Crippen molar-refractivity contribution in [2.45, 2.75) is 0 Å². The van der Waals surface area contributed by atoms with E-state index in [9.17, 15) is 0 Å². The van der Waals surface area contributed by atoms with Gasteiger partial charge in [-0.15, -0.1) is 0 Å². The summed E-state index contributed by atoms with van der Waals surface area (Å²) in [5.74, 6) is 0. The van der Waals surface area contributed by atoms with Crippen molar-refractivity contribution in [1.82, 2.24) is 4.90 Å². The average molecular weight is 360 g/mol. The molecule has 1 aliphatic rings. The summed E-state index contributed by atoms with van der Waals surface area (Å²) in [5, 5.41) is 0.778. The van der Waals surface area contributed by atoms with E-state index in [2.05, 4.69) is 51.1 Å². The second-order valence-electron chi connectivity index (χ2n) is 6.20. The highest BCUT2D eigenvalue weighted by molar-refractivity contribution is 7.80. The van der Waals surface area contributed by atoms with Crippen molar-refractivity contribution >= 4 is 40.2 Å². The van der Waals surface area contributed by atoms with Gasteiger partial charge in [0.15, 0.2) is 0 Å². The molecular formula is C19H22ClN3S. The van der Waals surface area contributed by atoms with Gasteiger partial charge in [-0.3, -0.25) is 0 Å². The summed E-state index contributed by atoms with van der Waals surface area (Å²) in [6.07, 6.45) is 0. The van der Waals surface area contributed by atoms with Crippen LogP contribution in [0.5, 0.6) is 0 Å². The third-order valence-electron chi connectivity index (χ3n) is 4.39. The smallest absolute Gasteiger partial charge is 0.109 e. The zero-order valence-corrected chi connectivity index (χ0v) is 15.6. The lowest BCUT2D eigenvalue weighted by atomic mass is 10.1. The summed E-state index contributed by atoms with van der Waals surface area (Å²) >= 11 is 11.7. The maximum absolute atomic E-state index is 5.97. The minimum Gasteiger partial charge on any atom is -0.378 e. The van der Waals surface area contributed by atoms with Crippen LogP contribution in [-0.4, -0.2) is 50.2 Å². The number of hydrogen-bond acceptors (Lipinski definition) is 3. The van der Waals surface area contributed by atoms with Gasteiger partial charge >= 0.3 is 0 Å². The van der Waals surface area contributed by atoms with Crippen LogP contribution in [0.4, 0.5) is 11.4 Å². The Morgan fingerprint density at radius 2 is 1.50 bits per heavy atom. The van der Waals surface area contributed by atoms with Crippen molar-refractivity contribution in [3.63, 3.8) is 0 Å². The zero-order chi connectivity index (χ0) is 17.1. The van der Waals surface area contributed by atoms with Crippen molar-refractivity contribution in [3.8, 4) is 0 Å². The maximum atomic E-state index is 5.97. The van der Waals surface area contributed by atoms with Crippen LogP contribution in [0.25, 0.3) is 0 Å². The molecule has 3 rings (SSSR count). The Bertz CT molecular complexity index is 690. The molecule has 0 aromatic heterocycles. The molecule has 5 heteroatoms. The van der Waals surface area contributed by atoms with Crippen molar-refractivity contribution in [1.29, 1.82) is 0 Å². The molecule has 0 radical (unpaired) electrons. The minimum absolute atomic E-state index is 0.778. The highest BCUT2D eigenvalue weighted by Gasteiger charge is 2.20. The lowest BCUT2D eigenvalue weighted by molar-refractivity contribution is 0.392. The van der Waals surface area contributed by atoms with E-state index in [1.165, 1.54) is 11.4 Å². The summed E-state index contributed by atoms with van der Waals surface area (Å²) in [7, 11) is 4.09. The monoisotopic (exact) mass is 359 g/mol. The fourth-order valence-corrected chi connectivity index (χ4v) is 3.35. The quantitative estimate of drug-likeness (QED) is 0.768. The van der Waals surface area contributed by atoms with Gasteiger partial charge in [-0.2, -0.15) is 0 Å². The predicted octanol–water partition coefficient (Wildman–Crippen LogP) is 3.90. The van der Waals surface area contributed by atoms with E-state index in [4.69, 9.17) is 23.8 Å².